The van der Waals surface area contributed by atoms with Crippen LogP contribution in [0.1, 0.15) is 34.1 Å². The lowest BCUT2D eigenvalue weighted by molar-refractivity contribution is -0.568. The number of esters is 2. The van der Waals surface area contributed by atoms with E-state index in [1.165, 1.54) is 13.8 Å². The third kappa shape index (κ3) is 4.31. The Morgan fingerprint density at radius 1 is 1.22 bits per heavy atom. The molecule has 18 heavy (non-hydrogen) atoms. The normalized spacial score (nSPS) is 12.7. The molecule has 0 aromatic heterocycles. The van der Waals surface area contributed by atoms with Gasteiger partial charge in [-0.2, -0.15) is 0 Å². The summed E-state index contributed by atoms with van der Waals surface area (Å²) in [5.74, 6) is -2.57. The second-order valence-corrected chi connectivity index (χ2v) is 4.22. The number of hydrogen-bond acceptors (Lipinski definition) is 6. The monoisotopic (exact) mass is 261 g/mol. The zero-order valence-corrected chi connectivity index (χ0v) is 11.1. The molecule has 0 aromatic carbocycles. The van der Waals surface area contributed by atoms with Crippen LogP contribution in [0, 0.1) is 16.0 Å². The lowest BCUT2D eigenvalue weighted by Gasteiger charge is -2.24. The lowest BCUT2D eigenvalue weighted by Crippen LogP contribution is -2.45. The lowest BCUT2D eigenvalue weighted by atomic mass is 9.85. The van der Waals surface area contributed by atoms with Gasteiger partial charge in [0.1, 0.15) is 5.92 Å². The van der Waals surface area contributed by atoms with Crippen LogP contribution in [0.5, 0.6) is 0 Å². The van der Waals surface area contributed by atoms with Crippen LogP contribution in [0.25, 0.3) is 0 Å². The number of ether oxygens (including phenoxy) is 2. The molecule has 0 saturated carbocycles. The second-order valence-electron chi connectivity index (χ2n) is 4.22. The van der Waals surface area contributed by atoms with Crippen LogP contribution < -0.4 is 0 Å². The Morgan fingerprint density at radius 3 is 2.11 bits per heavy atom. The predicted octanol–water partition coefficient (Wildman–Crippen LogP) is 1.17. The summed E-state index contributed by atoms with van der Waals surface area (Å²) >= 11 is 0. The van der Waals surface area contributed by atoms with E-state index in [0.29, 0.717) is 0 Å². The largest absolute Gasteiger partial charge is 0.466 e. The second kappa shape index (κ2) is 6.93. The van der Waals surface area contributed by atoms with E-state index < -0.39 is 28.3 Å². The van der Waals surface area contributed by atoms with Crippen molar-refractivity contribution in [3.63, 3.8) is 0 Å². The van der Waals surface area contributed by atoms with Crippen molar-refractivity contribution >= 4 is 11.9 Å². The van der Waals surface area contributed by atoms with Gasteiger partial charge in [-0.05, 0) is 13.8 Å². The molecule has 0 saturated heterocycles. The van der Waals surface area contributed by atoms with Crippen molar-refractivity contribution in [1.29, 1.82) is 0 Å². The fourth-order valence-electron chi connectivity index (χ4n) is 1.38. The van der Waals surface area contributed by atoms with Crippen LogP contribution >= 0.6 is 0 Å². The van der Waals surface area contributed by atoms with Gasteiger partial charge in [0.15, 0.2) is 0 Å². The van der Waals surface area contributed by atoms with Crippen LogP contribution in [0.2, 0.25) is 0 Å². The first kappa shape index (κ1) is 16.3. The highest BCUT2D eigenvalue weighted by Gasteiger charge is 2.47. The maximum atomic E-state index is 11.7. The highest BCUT2D eigenvalue weighted by Crippen LogP contribution is 2.25. The van der Waals surface area contributed by atoms with Crippen molar-refractivity contribution < 1.29 is 24.0 Å². The van der Waals surface area contributed by atoms with E-state index in [-0.39, 0.29) is 19.6 Å². The van der Waals surface area contributed by atoms with E-state index in [4.69, 9.17) is 9.47 Å². The average Bonchev–Trinajstić information content (AvgIpc) is 2.26. The standard InChI is InChI=1S/C11H19NO6/c1-5-17-9(13)7-8(10(14)18-6-2)11(3,4)12(15)16/h8H,5-7H2,1-4H3. The van der Waals surface area contributed by atoms with Gasteiger partial charge in [0.2, 0.25) is 5.54 Å². The van der Waals surface area contributed by atoms with Gasteiger partial charge in [0.05, 0.1) is 19.6 Å². The van der Waals surface area contributed by atoms with Gasteiger partial charge in [0, 0.05) is 18.8 Å². The number of carbonyl (C=O) groups excluding carboxylic acids is 2. The minimum absolute atomic E-state index is 0.103. The molecule has 0 spiro atoms. The Balaban J connectivity index is 5.00. The molecule has 0 bridgehead atoms. The number of nitro groups is 1. The minimum atomic E-state index is -1.58. The van der Waals surface area contributed by atoms with Gasteiger partial charge in [0.25, 0.3) is 0 Å². The summed E-state index contributed by atoms with van der Waals surface area (Å²) in [7, 11) is 0. The highest BCUT2D eigenvalue weighted by atomic mass is 16.6. The summed E-state index contributed by atoms with van der Waals surface area (Å²) in [6.45, 7) is 6.05. The molecule has 0 fully saturated rings. The molecule has 7 nitrogen and oxygen atoms in total. The van der Waals surface area contributed by atoms with Crippen molar-refractivity contribution in [2.45, 2.75) is 39.7 Å². The van der Waals surface area contributed by atoms with Crippen molar-refractivity contribution in [3.8, 4) is 0 Å². The van der Waals surface area contributed by atoms with Crippen LogP contribution in [-0.2, 0) is 19.1 Å². The Kier molecular flexibility index (Phi) is 6.29. The third-order valence-electron chi connectivity index (χ3n) is 2.57. The molecule has 0 N–H and O–H groups in total. The van der Waals surface area contributed by atoms with Gasteiger partial charge in [-0.25, -0.2) is 0 Å². The SMILES string of the molecule is CCOC(=O)CC(C(=O)OCC)C(C)(C)[N+](=O)[O-]. The Morgan fingerprint density at radius 2 is 1.72 bits per heavy atom. The quantitative estimate of drug-likeness (QED) is 0.388. The minimum Gasteiger partial charge on any atom is -0.466 e. The predicted molar refractivity (Wildman–Crippen MR) is 62.4 cm³/mol. The van der Waals surface area contributed by atoms with E-state index >= 15 is 0 Å². The van der Waals surface area contributed by atoms with Crippen LogP contribution in [0.3, 0.4) is 0 Å². The number of rotatable bonds is 7. The molecule has 0 aromatic rings. The van der Waals surface area contributed by atoms with E-state index in [1.807, 2.05) is 0 Å². The summed E-state index contributed by atoms with van der Waals surface area (Å²) in [5.41, 5.74) is -1.58. The molecule has 0 aliphatic heterocycles. The molecule has 7 heteroatoms. The van der Waals surface area contributed by atoms with Gasteiger partial charge >= 0.3 is 11.9 Å². The van der Waals surface area contributed by atoms with Gasteiger partial charge < -0.3 is 9.47 Å². The Bertz CT molecular complexity index is 325. The fraction of sp³-hybridized carbons (Fsp3) is 0.818. The maximum Gasteiger partial charge on any atom is 0.316 e. The highest BCUT2D eigenvalue weighted by molar-refractivity contribution is 5.80. The van der Waals surface area contributed by atoms with Crippen LogP contribution in [0.15, 0.2) is 0 Å². The molecule has 104 valence electrons. The van der Waals surface area contributed by atoms with Gasteiger partial charge in [-0.3, -0.25) is 19.7 Å². The van der Waals surface area contributed by atoms with Crippen LogP contribution in [-0.4, -0.2) is 35.6 Å². The topological polar surface area (TPSA) is 95.7 Å². The van der Waals surface area contributed by atoms with Crippen molar-refractivity contribution in [2.24, 2.45) is 5.92 Å². The molecule has 0 aliphatic rings. The number of hydrogen-bond donors (Lipinski definition) is 0. The zero-order chi connectivity index (χ0) is 14.3. The molecule has 0 rings (SSSR count). The molecule has 1 atom stereocenters. The molecule has 0 radical (unpaired) electrons. The van der Waals surface area contributed by atoms with Crippen molar-refractivity contribution in [2.75, 3.05) is 13.2 Å². The summed E-state index contributed by atoms with van der Waals surface area (Å²) in [6, 6.07) is 0. The van der Waals surface area contributed by atoms with Gasteiger partial charge in [-0.1, -0.05) is 0 Å². The molecule has 1 unspecified atom stereocenters. The van der Waals surface area contributed by atoms with Crippen LogP contribution in [0.4, 0.5) is 0 Å². The van der Waals surface area contributed by atoms with E-state index in [2.05, 4.69) is 0 Å². The average molecular weight is 261 g/mol. The maximum absolute atomic E-state index is 11.7. The third-order valence-corrected chi connectivity index (χ3v) is 2.57. The van der Waals surface area contributed by atoms with Crippen molar-refractivity contribution in [3.05, 3.63) is 10.1 Å². The first-order valence-electron chi connectivity index (χ1n) is 5.74. The summed E-state index contributed by atoms with van der Waals surface area (Å²) in [4.78, 5) is 33.4. The number of carbonyl (C=O) groups is 2. The molecule has 0 amide bonds. The van der Waals surface area contributed by atoms with Crippen molar-refractivity contribution in [1.82, 2.24) is 0 Å². The molecular formula is C11H19NO6. The first-order chi connectivity index (χ1) is 8.27. The number of nitrogens with zero attached hydrogens (tertiary/aromatic N) is 1. The smallest absolute Gasteiger partial charge is 0.316 e. The zero-order valence-electron chi connectivity index (χ0n) is 11.1. The first-order valence-corrected chi connectivity index (χ1v) is 5.74. The molecular weight excluding hydrogens is 242 g/mol. The van der Waals surface area contributed by atoms with E-state index in [0.717, 1.165) is 0 Å². The van der Waals surface area contributed by atoms with E-state index in [9.17, 15) is 19.7 Å². The van der Waals surface area contributed by atoms with E-state index in [1.54, 1.807) is 13.8 Å². The summed E-state index contributed by atoms with van der Waals surface area (Å²) in [5, 5.41) is 11.0. The molecule has 0 aliphatic carbocycles. The molecule has 0 heterocycles. The Hall–Kier alpha value is -1.66. The summed E-state index contributed by atoms with van der Waals surface area (Å²) < 4.78 is 9.47. The Labute approximate surface area is 106 Å². The van der Waals surface area contributed by atoms with Gasteiger partial charge in [-0.15, -0.1) is 0 Å². The summed E-state index contributed by atoms with van der Waals surface area (Å²) in [6.07, 6.45) is -0.360. The fourth-order valence-corrected chi connectivity index (χ4v) is 1.38.